The van der Waals surface area contributed by atoms with E-state index in [1.54, 1.807) is 18.2 Å². The molecule has 2 aromatic rings. The van der Waals surface area contributed by atoms with Crippen LogP contribution in [0.5, 0.6) is 5.75 Å². The molecule has 0 bridgehead atoms. The Morgan fingerprint density at radius 1 is 1.24 bits per heavy atom. The third kappa shape index (κ3) is 1.95. The molecule has 0 saturated carbocycles. The van der Waals surface area contributed by atoms with Gasteiger partial charge in [0.05, 0.1) is 5.56 Å². The standard InChI is InChI=1S/C20H19N2O3/c1-10(2)12-7-8-14-16(9-12)25-19-13-5-4-6-15(21)17(13)18(24)20(14,19)22-11(3)23/h4-10H,21H2,1-3H3,(H,22,23). The van der Waals surface area contributed by atoms with E-state index in [9.17, 15) is 9.59 Å². The molecule has 5 heteroatoms. The molecular formula is C20H19N2O3. The van der Waals surface area contributed by atoms with Crippen molar-refractivity contribution >= 4 is 17.4 Å². The number of hydrogen-bond acceptors (Lipinski definition) is 4. The maximum atomic E-state index is 13.3. The SMILES string of the molecule is CC(=O)NC12[C](Oc3cc(C(C)C)ccc31)c1cccc(N)c1C2=O. The number of amides is 1. The van der Waals surface area contributed by atoms with Crippen LogP contribution in [0.2, 0.25) is 0 Å². The second kappa shape index (κ2) is 5.09. The first-order chi connectivity index (χ1) is 11.9. The summed E-state index contributed by atoms with van der Waals surface area (Å²) in [5.41, 5.74) is 7.91. The fraction of sp³-hybridized carbons (Fsp3) is 0.250. The van der Waals surface area contributed by atoms with E-state index in [1.165, 1.54) is 6.92 Å². The molecule has 5 nitrogen and oxygen atoms in total. The second-order valence-corrected chi connectivity index (χ2v) is 6.87. The summed E-state index contributed by atoms with van der Waals surface area (Å²) in [7, 11) is 0. The highest BCUT2D eigenvalue weighted by Crippen LogP contribution is 2.56. The van der Waals surface area contributed by atoms with Crippen molar-refractivity contribution in [2.24, 2.45) is 0 Å². The third-order valence-corrected chi connectivity index (χ3v) is 4.90. The smallest absolute Gasteiger partial charge is 0.218 e. The van der Waals surface area contributed by atoms with Gasteiger partial charge < -0.3 is 15.8 Å². The summed E-state index contributed by atoms with van der Waals surface area (Å²) in [6, 6.07) is 11.0. The van der Waals surface area contributed by atoms with Gasteiger partial charge in [0.1, 0.15) is 5.75 Å². The molecule has 2 aliphatic rings. The fourth-order valence-electron chi connectivity index (χ4n) is 3.73. The number of nitrogens with one attached hydrogen (secondary N) is 1. The fourth-order valence-corrected chi connectivity index (χ4v) is 3.73. The van der Waals surface area contributed by atoms with Crippen molar-refractivity contribution < 1.29 is 14.3 Å². The van der Waals surface area contributed by atoms with Gasteiger partial charge in [-0.3, -0.25) is 9.59 Å². The molecule has 127 valence electrons. The minimum atomic E-state index is -1.32. The second-order valence-electron chi connectivity index (χ2n) is 6.87. The minimum absolute atomic E-state index is 0.248. The molecule has 1 amide bonds. The quantitative estimate of drug-likeness (QED) is 0.827. The Hall–Kier alpha value is -2.82. The van der Waals surface area contributed by atoms with Gasteiger partial charge in [-0.25, -0.2) is 0 Å². The van der Waals surface area contributed by atoms with Crippen LogP contribution in [0.1, 0.15) is 53.7 Å². The van der Waals surface area contributed by atoms with E-state index in [4.69, 9.17) is 10.5 Å². The topological polar surface area (TPSA) is 81.4 Å². The van der Waals surface area contributed by atoms with Crippen LogP contribution in [0.4, 0.5) is 5.69 Å². The van der Waals surface area contributed by atoms with Crippen LogP contribution in [0.15, 0.2) is 36.4 Å². The molecule has 3 N–H and O–H groups in total. The molecule has 1 aliphatic carbocycles. The van der Waals surface area contributed by atoms with Crippen LogP contribution in [0.25, 0.3) is 0 Å². The molecule has 1 radical (unpaired) electrons. The number of nitrogen functional groups attached to an aromatic ring is 1. The Kier molecular flexibility index (Phi) is 3.19. The van der Waals surface area contributed by atoms with Gasteiger partial charge in [-0.1, -0.05) is 38.1 Å². The lowest BCUT2D eigenvalue weighted by Gasteiger charge is -2.26. The van der Waals surface area contributed by atoms with Crippen LogP contribution in [0, 0.1) is 6.10 Å². The zero-order chi connectivity index (χ0) is 17.9. The predicted octanol–water partition coefficient (Wildman–Crippen LogP) is 2.89. The van der Waals surface area contributed by atoms with E-state index >= 15 is 0 Å². The molecule has 0 fully saturated rings. The van der Waals surface area contributed by atoms with Crippen molar-refractivity contribution in [1.29, 1.82) is 0 Å². The Morgan fingerprint density at radius 2 is 2.00 bits per heavy atom. The van der Waals surface area contributed by atoms with Gasteiger partial charge in [-0.2, -0.15) is 0 Å². The molecule has 0 spiro atoms. The molecule has 25 heavy (non-hydrogen) atoms. The molecule has 2 aromatic carbocycles. The first-order valence-electron chi connectivity index (χ1n) is 8.28. The number of Topliss-reactive ketones (excluding diaryl/α,β-unsaturated/α-hetero) is 1. The normalized spacial score (nSPS) is 20.9. The summed E-state index contributed by atoms with van der Waals surface area (Å²) >= 11 is 0. The van der Waals surface area contributed by atoms with Gasteiger partial charge in [0.25, 0.3) is 0 Å². The molecule has 4 rings (SSSR count). The summed E-state index contributed by atoms with van der Waals surface area (Å²) < 4.78 is 6.10. The van der Waals surface area contributed by atoms with Gasteiger partial charge in [0, 0.05) is 23.7 Å². The zero-order valence-electron chi connectivity index (χ0n) is 14.3. The number of hydrogen-bond donors (Lipinski definition) is 2. The number of ketones is 1. The summed E-state index contributed by atoms with van der Waals surface area (Å²) in [5.74, 6) is 0.384. The number of carbonyl (C=O) groups excluding carboxylic acids is 2. The molecular weight excluding hydrogens is 316 g/mol. The summed E-state index contributed by atoms with van der Waals surface area (Å²) in [6.45, 7) is 5.58. The number of anilines is 1. The maximum absolute atomic E-state index is 13.3. The van der Waals surface area contributed by atoms with Crippen LogP contribution in [-0.2, 0) is 10.3 Å². The molecule has 1 heterocycles. The summed E-state index contributed by atoms with van der Waals surface area (Å²) in [6.07, 6.45) is 0.436. The Bertz CT molecular complexity index is 919. The zero-order valence-corrected chi connectivity index (χ0v) is 14.3. The lowest BCUT2D eigenvalue weighted by molar-refractivity contribution is -0.120. The third-order valence-electron chi connectivity index (χ3n) is 4.90. The number of ether oxygens (including phenoxy) is 1. The first-order valence-corrected chi connectivity index (χ1v) is 8.28. The number of nitrogens with two attached hydrogens (primary N) is 1. The van der Waals surface area contributed by atoms with Crippen LogP contribution in [-0.4, -0.2) is 11.7 Å². The van der Waals surface area contributed by atoms with Gasteiger partial charge in [0.15, 0.2) is 11.3 Å². The molecule has 0 aromatic heterocycles. The number of benzene rings is 2. The van der Waals surface area contributed by atoms with E-state index in [1.807, 2.05) is 18.2 Å². The summed E-state index contributed by atoms with van der Waals surface area (Å²) in [5, 5.41) is 2.84. The highest BCUT2D eigenvalue weighted by atomic mass is 16.5. The van der Waals surface area contributed by atoms with Crippen LogP contribution in [0.3, 0.4) is 0 Å². The Balaban J connectivity index is 1.96. The lowest BCUT2D eigenvalue weighted by Crippen LogP contribution is -2.50. The Labute approximate surface area is 146 Å². The van der Waals surface area contributed by atoms with Crippen molar-refractivity contribution in [3.63, 3.8) is 0 Å². The minimum Gasteiger partial charge on any atom is -0.474 e. The highest BCUT2D eigenvalue weighted by Gasteiger charge is 2.63. The monoisotopic (exact) mass is 335 g/mol. The number of fused-ring (bicyclic) bond motifs is 5. The maximum Gasteiger partial charge on any atom is 0.218 e. The highest BCUT2D eigenvalue weighted by molar-refractivity contribution is 6.16. The van der Waals surface area contributed by atoms with Gasteiger partial charge in [-0.15, -0.1) is 0 Å². The molecule has 0 saturated heterocycles. The van der Waals surface area contributed by atoms with Gasteiger partial charge >= 0.3 is 0 Å². The predicted molar refractivity (Wildman–Crippen MR) is 94.2 cm³/mol. The molecule has 1 unspecified atom stereocenters. The number of rotatable bonds is 2. The molecule has 1 aliphatic heterocycles. The first kappa shape index (κ1) is 15.7. The lowest BCUT2D eigenvalue weighted by atomic mass is 9.84. The van der Waals surface area contributed by atoms with Gasteiger partial charge in [-0.05, 0) is 23.6 Å². The average molecular weight is 335 g/mol. The van der Waals surface area contributed by atoms with E-state index in [-0.39, 0.29) is 11.7 Å². The van der Waals surface area contributed by atoms with Crippen molar-refractivity contribution in [3.8, 4) is 5.75 Å². The largest absolute Gasteiger partial charge is 0.474 e. The van der Waals surface area contributed by atoms with Crippen molar-refractivity contribution in [2.75, 3.05) is 5.73 Å². The van der Waals surface area contributed by atoms with Crippen LogP contribution < -0.4 is 15.8 Å². The van der Waals surface area contributed by atoms with E-state index in [0.29, 0.717) is 40.1 Å². The van der Waals surface area contributed by atoms with E-state index in [0.717, 1.165) is 5.56 Å². The summed E-state index contributed by atoms with van der Waals surface area (Å²) in [4.78, 5) is 25.3. The molecule has 1 atom stereocenters. The number of carbonyl (C=O) groups is 2. The van der Waals surface area contributed by atoms with Crippen LogP contribution >= 0.6 is 0 Å². The van der Waals surface area contributed by atoms with Gasteiger partial charge in [0.2, 0.25) is 12.0 Å². The Morgan fingerprint density at radius 3 is 2.68 bits per heavy atom. The average Bonchev–Trinajstić information content (AvgIpc) is 2.98. The van der Waals surface area contributed by atoms with E-state index in [2.05, 4.69) is 19.2 Å². The van der Waals surface area contributed by atoms with Crippen molar-refractivity contribution in [1.82, 2.24) is 5.32 Å². The van der Waals surface area contributed by atoms with E-state index < -0.39 is 5.54 Å². The van der Waals surface area contributed by atoms with Crippen molar-refractivity contribution in [2.45, 2.75) is 32.2 Å². The van der Waals surface area contributed by atoms with Crippen molar-refractivity contribution in [3.05, 3.63) is 64.8 Å².